The fourth-order valence-electron chi connectivity index (χ4n) is 3.14. The van der Waals surface area contributed by atoms with Crippen molar-refractivity contribution in [1.29, 1.82) is 0 Å². The summed E-state index contributed by atoms with van der Waals surface area (Å²) in [6.07, 6.45) is 0.0965. The molecule has 1 saturated heterocycles. The van der Waals surface area contributed by atoms with Crippen molar-refractivity contribution in [1.82, 2.24) is 10.9 Å². The van der Waals surface area contributed by atoms with Crippen LogP contribution in [-0.2, 0) is 9.59 Å². The van der Waals surface area contributed by atoms with Crippen LogP contribution in [0.3, 0.4) is 0 Å². The number of carbonyl (C=O) groups excluding carboxylic acids is 3. The van der Waals surface area contributed by atoms with Crippen LogP contribution in [0.2, 0.25) is 0 Å². The molecule has 3 rings (SSSR count). The number of rotatable bonds is 5. The van der Waals surface area contributed by atoms with Gasteiger partial charge in [0.05, 0.1) is 12.5 Å². The molecule has 146 valence electrons. The van der Waals surface area contributed by atoms with E-state index in [1.807, 2.05) is 26.0 Å². The Morgan fingerprint density at radius 1 is 1.11 bits per heavy atom. The quantitative estimate of drug-likeness (QED) is 0.778. The van der Waals surface area contributed by atoms with Crippen molar-refractivity contribution in [3.8, 4) is 5.75 Å². The molecule has 2 aromatic rings. The Kier molecular flexibility index (Phi) is 5.93. The van der Waals surface area contributed by atoms with Gasteiger partial charge in [-0.1, -0.05) is 18.2 Å². The van der Waals surface area contributed by atoms with E-state index in [2.05, 4.69) is 10.9 Å². The fourth-order valence-corrected chi connectivity index (χ4v) is 3.14. The third-order valence-electron chi connectivity index (χ3n) is 4.64. The third kappa shape index (κ3) is 4.31. The van der Waals surface area contributed by atoms with Crippen molar-refractivity contribution >= 4 is 23.4 Å². The van der Waals surface area contributed by atoms with Gasteiger partial charge in [-0.2, -0.15) is 0 Å². The van der Waals surface area contributed by atoms with Gasteiger partial charge in [-0.15, -0.1) is 0 Å². The monoisotopic (exact) mass is 381 g/mol. The van der Waals surface area contributed by atoms with Crippen LogP contribution < -0.4 is 20.5 Å². The first-order valence-corrected chi connectivity index (χ1v) is 9.18. The van der Waals surface area contributed by atoms with E-state index >= 15 is 0 Å². The molecular weight excluding hydrogens is 358 g/mol. The summed E-state index contributed by atoms with van der Waals surface area (Å²) < 4.78 is 5.40. The van der Waals surface area contributed by atoms with Crippen LogP contribution in [0.25, 0.3) is 0 Å². The first-order valence-electron chi connectivity index (χ1n) is 9.18. The van der Waals surface area contributed by atoms with Crippen LogP contribution in [0.5, 0.6) is 5.75 Å². The number of carbonyl (C=O) groups is 3. The molecule has 2 aromatic carbocycles. The van der Waals surface area contributed by atoms with Crippen molar-refractivity contribution in [3.63, 3.8) is 0 Å². The predicted molar refractivity (Wildman–Crippen MR) is 105 cm³/mol. The number of nitrogens with zero attached hydrogens (tertiary/aromatic N) is 1. The molecule has 0 aromatic heterocycles. The molecule has 3 amide bonds. The molecule has 2 N–H and O–H groups in total. The SMILES string of the molecule is CCOc1ccc(N2CC(C(=O)NNC(=O)c3ccccc3C)CC2=O)cc1. The number of hydrazine groups is 1. The maximum atomic E-state index is 12.4. The standard InChI is InChI=1S/C21H23N3O4/c1-3-28-17-10-8-16(9-11-17)24-13-15(12-19(24)25)20(26)22-23-21(27)18-7-5-4-6-14(18)2/h4-11,15H,3,12-13H2,1-2H3,(H,22,26)(H,23,27). The molecule has 0 aliphatic carbocycles. The molecule has 1 aliphatic heterocycles. The van der Waals surface area contributed by atoms with Gasteiger partial charge in [-0.3, -0.25) is 25.2 Å². The average molecular weight is 381 g/mol. The average Bonchev–Trinajstić information content (AvgIpc) is 3.09. The molecule has 1 atom stereocenters. The van der Waals surface area contributed by atoms with Gasteiger partial charge in [-0.05, 0) is 49.7 Å². The number of benzene rings is 2. The van der Waals surface area contributed by atoms with Crippen LogP contribution >= 0.6 is 0 Å². The summed E-state index contributed by atoms with van der Waals surface area (Å²) in [4.78, 5) is 38.5. The topological polar surface area (TPSA) is 87.7 Å². The molecule has 0 spiro atoms. The Morgan fingerprint density at radius 2 is 1.82 bits per heavy atom. The van der Waals surface area contributed by atoms with Crippen molar-refractivity contribution in [3.05, 3.63) is 59.7 Å². The van der Waals surface area contributed by atoms with Crippen molar-refractivity contribution < 1.29 is 19.1 Å². The number of hydrogen-bond acceptors (Lipinski definition) is 4. The van der Waals surface area contributed by atoms with Gasteiger partial charge in [0.15, 0.2) is 0 Å². The van der Waals surface area contributed by atoms with Crippen LogP contribution in [0.4, 0.5) is 5.69 Å². The lowest BCUT2D eigenvalue weighted by Gasteiger charge is -2.17. The molecule has 1 aliphatic rings. The highest BCUT2D eigenvalue weighted by atomic mass is 16.5. The van der Waals surface area contributed by atoms with Gasteiger partial charge in [0.1, 0.15) is 5.75 Å². The minimum Gasteiger partial charge on any atom is -0.494 e. The van der Waals surface area contributed by atoms with Gasteiger partial charge < -0.3 is 9.64 Å². The molecule has 1 heterocycles. The smallest absolute Gasteiger partial charge is 0.269 e. The zero-order chi connectivity index (χ0) is 20.1. The van der Waals surface area contributed by atoms with Crippen molar-refractivity contribution in [2.45, 2.75) is 20.3 Å². The summed E-state index contributed by atoms with van der Waals surface area (Å²) in [7, 11) is 0. The van der Waals surface area contributed by atoms with Crippen LogP contribution in [0, 0.1) is 12.8 Å². The molecule has 0 radical (unpaired) electrons. The first-order chi connectivity index (χ1) is 13.5. The van der Waals surface area contributed by atoms with Crippen molar-refractivity contribution in [2.24, 2.45) is 5.92 Å². The Hall–Kier alpha value is -3.35. The number of anilines is 1. The summed E-state index contributed by atoms with van der Waals surface area (Å²) in [5.41, 5.74) is 6.87. The van der Waals surface area contributed by atoms with Crippen molar-refractivity contribution in [2.75, 3.05) is 18.1 Å². The number of hydrogen-bond donors (Lipinski definition) is 2. The minimum atomic E-state index is -0.531. The van der Waals surface area contributed by atoms with E-state index in [0.29, 0.717) is 17.9 Å². The number of aryl methyl sites for hydroxylation is 1. The Balaban J connectivity index is 1.57. The van der Waals surface area contributed by atoms with E-state index in [1.54, 1.807) is 41.3 Å². The molecule has 1 fully saturated rings. The minimum absolute atomic E-state index is 0.0965. The third-order valence-corrected chi connectivity index (χ3v) is 4.64. The van der Waals surface area contributed by atoms with Gasteiger partial charge in [-0.25, -0.2) is 0 Å². The summed E-state index contributed by atoms with van der Waals surface area (Å²) >= 11 is 0. The van der Waals surface area contributed by atoms with Gasteiger partial charge >= 0.3 is 0 Å². The number of nitrogens with one attached hydrogen (secondary N) is 2. The van der Waals surface area contributed by atoms with E-state index in [1.165, 1.54) is 0 Å². The van der Waals surface area contributed by atoms with Gasteiger partial charge in [0, 0.05) is 24.2 Å². The van der Waals surface area contributed by atoms with Crippen LogP contribution in [0.1, 0.15) is 29.3 Å². The number of ether oxygens (including phenoxy) is 1. The maximum Gasteiger partial charge on any atom is 0.269 e. The number of amides is 3. The molecule has 0 bridgehead atoms. The molecule has 7 heteroatoms. The van der Waals surface area contributed by atoms with Crippen LogP contribution in [-0.4, -0.2) is 30.9 Å². The molecule has 1 unspecified atom stereocenters. The second-order valence-corrected chi connectivity index (χ2v) is 6.59. The fraction of sp³-hybridized carbons (Fsp3) is 0.286. The second kappa shape index (κ2) is 8.56. The normalized spacial score (nSPS) is 16.0. The highest BCUT2D eigenvalue weighted by molar-refractivity contribution is 6.01. The van der Waals surface area contributed by atoms with E-state index in [9.17, 15) is 14.4 Å². The lowest BCUT2D eigenvalue weighted by molar-refractivity contribution is -0.126. The van der Waals surface area contributed by atoms with E-state index in [4.69, 9.17) is 4.74 Å². The largest absolute Gasteiger partial charge is 0.494 e. The second-order valence-electron chi connectivity index (χ2n) is 6.59. The van der Waals surface area contributed by atoms with E-state index < -0.39 is 5.92 Å². The zero-order valence-electron chi connectivity index (χ0n) is 15.9. The first kappa shape index (κ1) is 19.4. The summed E-state index contributed by atoms with van der Waals surface area (Å²) in [6, 6.07) is 14.3. The Bertz CT molecular complexity index is 879. The summed E-state index contributed by atoms with van der Waals surface area (Å²) in [5.74, 6) is -0.709. The van der Waals surface area contributed by atoms with Gasteiger partial charge in [0.25, 0.3) is 5.91 Å². The van der Waals surface area contributed by atoms with Gasteiger partial charge in [0.2, 0.25) is 11.8 Å². The zero-order valence-corrected chi connectivity index (χ0v) is 15.9. The maximum absolute atomic E-state index is 12.4. The highest BCUT2D eigenvalue weighted by Crippen LogP contribution is 2.27. The lowest BCUT2D eigenvalue weighted by atomic mass is 10.1. The Morgan fingerprint density at radius 3 is 2.50 bits per heavy atom. The molecular formula is C21H23N3O4. The molecule has 7 nitrogen and oxygen atoms in total. The summed E-state index contributed by atoms with van der Waals surface area (Å²) in [5, 5.41) is 0. The Labute approximate surface area is 163 Å². The summed E-state index contributed by atoms with van der Waals surface area (Å²) in [6.45, 7) is 4.55. The predicted octanol–water partition coefficient (Wildman–Crippen LogP) is 2.21. The van der Waals surface area contributed by atoms with E-state index in [-0.39, 0.29) is 30.7 Å². The van der Waals surface area contributed by atoms with E-state index in [0.717, 1.165) is 11.3 Å². The molecule has 28 heavy (non-hydrogen) atoms. The molecule has 0 saturated carbocycles. The highest BCUT2D eigenvalue weighted by Gasteiger charge is 2.35. The van der Waals surface area contributed by atoms with Crippen LogP contribution in [0.15, 0.2) is 48.5 Å². The lowest BCUT2D eigenvalue weighted by Crippen LogP contribution is -2.45.